The lowest BCUT2D eigenvalue weighted by Gasteiger charge is -2.20. The Morgan fingerprint density at radius 3 is 2.84 bits per heavy atom. The molecule has 3 nitrogen and oxygen atoms in total. The minimum Gasteiger partial charge on any atom is -0.442 e. The van der Waals surface area contributed by atoms with Gasteiger partial charge in [-0.25, -0.2) is 9.37 Å². The lowest BCUT2D eigenvalue weighted by molar-refractivity contribution is 0.0365. The van der Waals surface area contributed by atoms with Gasteiger partial charge in [0.25, 0.3) is 6.36 Å². The van der Waals surface area contributed by atoms with Crippen molar-refractivity contribution < 1.29 is 9.13 Å². The summed E-state index contributed by atoms with van der Waals surface area (Å²) >= 11 is 0. The van der Waals surface area contributed by atoms with Gasteiger partial charge in [0.1, 0.15) is 0 Å². The quantitative estimate of drug-likeness (QED) is 0.714. The van der Waals surface area contributed by atoms with Gasteiger partial charge in [0.05, 0.1) is 12.1 Å². The first-order valence-corrected chi connectivity index (χ1v) is 8.65. The van der Waals surface area contributed by atoms with Crippen molar-refractivity contribution in [3.63, 3.8) is 0 Å². The monoisotopic (exact) mass is 336 g/mol. The molecule has 0 fully saturated rings. The Labute approximate surface area is 147 Å². The summed E-state index contributed by atoms with van der Waals surface area (Å²) in [7, 11) is 0. The topological polar surface area (TPSA) is 25.4 Å². The number of halogens is 1. The zero-order chi connectivity index (χ0) is 17.2. The molecule has 1 atom stereocenters. The van der Waals surface area contributed by atoms with Crippen LogP contribution in [0.2, 0.25) is 0 Å². The van der Waals surface area contributed by atoms with Gasteiger partial charge in [-0.3, -0.25) is 4.90 Å². The SMILES string of the molecule is Cc1cccc2cc3c(nc12)OC(F)CN(CCc1ccccc1)C3. The summed E-state index contributed by atoms with van der Waals surface area (Å²) in [5, 5.41) is 1.07. The molecule has 4 rings (SSSR count). The van der Waals surface area contributed by atoms with E-state index in [-0.39, 0.29) is 6.54 Å². The van der Waals surface area contributed by atoms with E-state index in [0.717, 1.165) is 35.0 Å². The molecule has 4 heteroatoms. The second-order valence-corrected chi connectivity index (χ2v) is 6.60. The number of fused-ring (bicyclic) bond motifs is 2. The molecule has 2 heterocycles. The fourth-order valence-electron chi connectivity index (χ4n) is 3.36. The first-order valence-electron chi connectivity index (χ1n) is 8.65. The van der Waals surface area contributed by atoms with Crippen LogP contribution in [0.25, 0.3) is 10.9 Å². The Morgan fingerprint density at radius 2 is 2.00 bits per heavy atom. The summed E-state index contributed by atoms with van der Waals surface area (Å²) in [6.45, 7) is 3.72. The van der Waals surface area contributed by atoms with Gasteiger partial charge < -0.3 is 4.74 Å². The van der Waals surface area contributed by atoms with E-state index in [4.69, 9.17) is 4.74 Å². The van der Waals surface area contributed by atoms with E-state index in [1.54, 1.807) is 0 Å². The van der Waals surface area contributed by atoms with Crippen molar-refractivity contribution >= 4 is 10.9 Å². The van der Waals surface area contributed by atoms with Crippen molar-refractivity contribution in [3.05, 3.63) is 71.3 Å². The van der Waals surface area contributed by atoms with E-state index in [0.29, 0.717) is 12.4 Å². The van der Waals surface area contributed by atoms with Gasteiger partial charge in [0.2, 0.25) is 5.88 Å². The number of benzene rings is 2. The van der Waals surface area contributed by atoms with Crippen LogP contribution in [0.1, 0.15) is 16.7 Å². The maximum absolute atomic E-state index is 14.3. The molecule has 0 N–H and O–H groups in total. The highest BCUT2D eigenvalue weighted by Gasteiger charge is 2.24. The van der Waals surface area contributed by atoms with Crippen molar-refractivity contribution in [1.29, 1.82) is 0 Å². The minimum atomic E-state index is -1.36. The van der Waals surface area contributed by atoms with Crippen molar-refractivity contribution in [2.75, 3.05) is 13.1 Å². The fraction of sp³-hybridized carbons (Fsp3) is 0.286. The molecular weight excluding hydrogens is 315 g/mol. The molecule has 0 bridgehead atoms. The zero-order valence-electron chi connectivity index (χ0n) is 14.3. The Balaban J connectivity index is 1.60. The molecule has 0 saturated carbocycles. The molecule has 0 saturated heterocycles. The third-order valence-electron chi connectivity index (χ3n) is 4.68. The van der Waals surface area contributed by atoms with Gasteiger partial charge in [-0.15, -0.1) is 0 Å². The van der Waals surface area contributed by atoms with Gasteiger partial charge in [0, 0.05) is 24.0 Å². The summed E-state index contributed by atoms with van der Waals surface area (Å²) < 4.78 is 19.8. The molecule has 1 aromatic heterocycles. The average molecular weight is 336 g/mol. The largest absolute Gasteiger partial charge is 0.442 e. The van der Waals surface area contributed by atoms with E-state index >= 15 is 0 Å². The molecule has 25 heavy (non-hydrogen) atoms. The maximum Gasteiger partial charge on any atom is 0.252 e. The van der Waals surface area contributed by atoms with E-state index in [1.807, 2.05) is 43.3 Å². The highest BCUT2D eigenvalue weighted by molar-refractivity contribution is 5.83. The van der Waals surface area contributed by atoms with Crippen LogP contribution in [-0.2, 0) is 13.0 Å². The summed E-state index contributed by atoms with van der Waals surface area (Å²) in [5.41, 5.74) is 4.16. The van der Waals surface area contributed by atoms with Gasteiger partial charge in [-0.05, 0) is 30.5 Å². The zero-order valence-corrected chi connectivity index (χ0v) is 14.3. The second-order valence-electron chi connectivity index (χ2n) is 6.60. The number of nitrogens with zero attached hydrogens (tertiary/aromatic N) is 2. The number of hydrogen-bond acceptors (Lipinski definition) is 3. The van der Waals surface area contributed by atoms with Crippen molar-refractivity contribution in [2.45, 2.75) is 26.2 Å². The molecule has 2 aromatic carbocycles. The molecule has 128 valence electrons. The number of para-hydroxylation sites is 1. The third kappa shape index (κ3) is 3.49. The van der Waals surface area contributed by atoms with E-state index in [2.05, 4.69) is 28.1 Å². The first kappa shape index (κ1) is 16.0. The van der Waals surface area contributed by atoms with Crippen LogP contribution in [-0.4, -0.2) is 29.3 Å². The number of rotatable bonds is 3. The van der Waals surface area contributed by atoms with Gasteiger partial charge in [-0.2, -0.15) is 0 Å². The fourth-order valence-corrected chi connectivity index (χ4v) is 3.36. The molecule has 1 unspecified atom stereocenters. The first-order chi connectivity index (χ1) is 12.2. The number of alkyl halides is 1. The number of hydrogen-bond donors (Lipinski definition) is 0. The number of aryl methyl sites for hydroxylation is 1. The Morgan fingerprint density at radius 1 is 1.16 bits per heavy atom. The van der Waals surface area contributed by atoms with E-state index < -0.39 is 6.36 Å². The van der Waals surface area contributed by atoms with E-state index in [9.17, 15) is 4.39 Å². The van der Waals surface area contributed by atoms with Crippen molar-refractivity contribution in [1.82, 2.24) is 9.88 Å². The molecule has 3 aromatic rings. The van der Waals surface area contributed by atoms with Crippen LogP contribution in [0.4, 0.5) is 4.39 Å². The van der Waals surface area contributed by atoms with Crippen LogP contribution in [0.15, 0.2) is 54.6 Å². The molecule has 0 aliphatic carbocycles. The Kier molecular flexibility index (Phi) is 4.36. The minimum absolute atomic E-state index is 0.262. The molecule has 1 aliphatic rings. The maximum atomic E-state index is 14.3. The van der Waals surface area contributed by atoms with Crippen LogP contribution in [0.5, 0.6) is 5.88 Å². The highest BCUT2D eigenvalue weighted by Crippen LogP contribution is 2.28. The summed E-state index contributed by atoms with van der Waals surface area (Å²) in [6.07, 6.45) is -0.464. The number of ether oxygens (including phenoxy) is 1. The second kappa shape index (κ2) is 6.81. The average Bonchev–Trinajstić information content (AvgIpc) is 2.77. The highest BCUT2D eigenvalue weighted by atomic mass is 19.1. The summed E-state index contributed by atoms with van der Waals surface area (Å²) in [5.74, 6) is 0.427. The standard InChI is InChI=1S/C21H21FN2O/c1-15-6-5-9-17-12-18-13-24(11-10-16-7-3-2-4-8-16)14-19(22)25-21(18)23-20(15)17/h2-9,12,19H,10-11,13-14H2,1H3. The van der Waals surface area contributed by atoms with Crippen LogP contribution >= 0.6 is 0 Å². The number of aromatic nitrogens is 1. The molecule has 0 spiro atoms. The van der Waals surface area contributed by atoms with Crippen LogP contribution in [0.3, 0.4) is 0 Å². The molecule has 0 radical (unpaired) electrons. The lowest BCUT2D eigenvalue weighted by Crippen LogP contribution is -2.31. The van der Waals surface area contributed by atoms with Crippen LogP contribution < -0.4 is 4.74 Å². The predicted molar refractivity (Wildman–Crippen MR) is 97.4 cm³/mol. The van der Waals surface area contributed by atoms with Gasteiger partial charge in [-0.1, -0.05) is 48.5 Å². The lowest BCUT2D eigenvalue weighted by atomic mass is 10.1. The van der Waals surface area contributed by atoms with Crippen molar-refractivity contribution in [3.8, 4) is 5.88 Å². The molecule has 0 amide bonds. The Bertz CT molecular complexity index is 882. The molecular formula is C21H21FN2O. The molecule has 1 aliphatic heterocycles. The Hall–Kier alpha value is -2.46. The summed E-state index contributed by atoms with van der Waals surface area (Å²) in [6, 6.07) is 18.4. The normalized spacial score (nSPS) is 17.8. The van der Waals surface area contributed by atoms with Crippen LogP contribution in [0, 0.1) is 6.92 Å². The predicted octanol–water partition coefficient (Wildman–Crippen LogP) is 4.28. The van der Waals surface area contributed by atoms with Gasteiger partial charge >= 0.3 is 0 Å². The van der Waals surface area contributed by atoms with E-state index in [1.165, 1.54) is 5.56 Å². The number of pyridine rings is 1. The van der Waals surface area contributed by atoms with Gasteiger partial charge in [0.15, 0.2) is 0 Å². The smallest absolute Gasteiger partial charge is 0.252 e. The third-order valence-corrected chi connectivity index (χ3v) is 4.68. The van der Waals surface area contributed by atoms with Crippen molar-refractivity contribution in [2.24, 2.45) is 0 Å². The summed E-state index contributed by atoms with van der Waals surface area (Å²) in [4.78, 5) is 6.69.